The fourth-order valence-corrected chi connectivity index (χ4v) is 2.10. The number of ketones is 2. The van der Waals surface area contributed by atoms with Crippen LogP contribution in [0.4, 0.5) is 0 Å². The van der Waals surface area contributed by atoms with Crippen LogP contribution in [0.3, 0.4) is 0 Å². The SMILES string of the molecule is CC(=O)c1ccc(CCc2ccc(C(C)=O)cc2)cc1. The number of Topliss-reactive ketones (excluding diaryl/α,β-unsaturated/α-hetero) is 2. The van der Waals surface area contributed by atoms with Crippen molar-refractivity contribution in [3.05, 3.63) is 70.8 Å². The molecule has 0 N–H and O–H groups in total. The standard InChI is InChI=1S/C18H18O2/c1-13(19)17-9-5-15(6-10-17)3-4-16-7-11-18(12-8-16)14(2)20/h5-12H,3-4H2,1-2H3. The van der Waals surface area contributed by atoms with E-state index < -0.39 is 0 Å². The van der Waals surface area contributed by atoms with Gasteiger partial charge < -0.3 is 0 Å². The van der Waals surface area contributed by atoms with Crippen LogP contribution in [0.1, 0.15) is 45.7 Å². The lowest BCUT2D eigenvalue weighted by atomic mass is 10.0. The van der Waals surface area contributed by atoms with Gasteiger partial charge in [0.1, 0.15) is 0 Å². The van der Waals surface area contributed by atoms with E-state index in [9.17, 15) is 9.59 Å². The van der Waals surface area contributed by atoms with E-state index in [0.717, 1.165) is 24.0 Å². The number of hydrogen-bond donors (Lipinski definition) is 0. The molecule has 0 heterocycles. The minimum Gasteiger partial charge on any atom is -0.295 e. The van der Waals surface area contributed by atoms with Crippen LogP contribution in [0.2, 0.25) is 0 Å². The second kappa shape index (κ2) is 6.29. The third kappa shape index (κ3) is 3.64. The van der Waals surface area contributed by atoms with Gasteiger partial charge in [-0.05, 0) is 37.8 Å². The Morgan fingerprint density at radius 3 is 1.20 bits per heavy atom. The van der Waals surface area contributed by atoms with Crippen molar-refractivity contribution in [3.63, 3.8) is 0 Å². The maximum atomic E-state index is 11.2. The molecule has 0 unspecified atom stereocenters. The summed E-state index contributed by atoms with van der Waals surface area (Å²) in [6.07, 6.45) is 1.86. The Balaban J connectivity index is 1.97. The van der Waals surface area contributed by atoms with Crippen LogP contribution in [0.25, 0.3) is 0 Å². The summed E-state index contributed by atoms with van der Waals surface area (Å²) in [5, 5.41) is 0. The van der Waals surface area contributed by atoms with E-state index >= 15 is 0 Å². The third-order valence-corrected chi connectivity index (χ3v) is 3.42. The van der Waals surface area contributed by atoms with Crippen LogP contribution in [0, 0.1) is 0 Å². The molecule has 0 saturated heterocycles. The summed E-state index contributed by atoms with van der Waals surface area (Å²) in [7, 11) is 0. The molecule has 0 saturated carbocycles. The van der Waals surface area contributed by atoms with Gasteiger partial charge in [-0.15, -0.1) is 0 Å². The van der Waals surface area contributed by atoms with Crippen LogP contribution >= 0.6 is 0 Å². The molecule has 0 aliphatic carbocycles. The molecule has 2 rings (SSSR count). The summed E-state index contributed by atoms with van der Waals surface area (Å²) in [5.41, 5.74) is 3.93. The molecule has 0 aliphatic heterocycles. The quantitative estimate of drug-likeness (QED) is 0.770. The molecule has 20 heavy (non-hydrogen) atoms. The predicted octanol–water partition coefficient (Wildman–Crippen LogP) is 3.88. The van der Waals surface area contributed by atoms with Gasteiger partial charge in [-0.2, -0.15) is 0 Å². The van der Waals surface area contributed by atoms with Crippen LogP contribution in [0.5, 0.6) is 0 Å². The van der Waals surface area contributed by atoms with Gasteiger partial charge in [0.05, 0.1) is 0 Å². The Morgan fingerprint density at radius 2 is 0.950 bits per heavy atom. The lowest BCUT2D eigenvalue weighted by Gasteiger charge is -2.04. The zero-order chi connectivity index (χ0) is 14.5. The van der Waals surface area contributed by atoms with E-state index in [4.69, 9.17) is 0 Å². The van der Waals surface area contributed by atoms with Gasteiger partial charge in [0, 0.05) is 11.1 Å². The fraction of sp³-hybridized carbons (Fsp3) is 0.222. The average molecular weight is 266 g/mol. The Kier molecular flexibility index (Phi) is 4.46. The molecule has 2 heteroatoms. The predicted molar refractivity (Wildman–Crippen MR) is 80.3 cm³/mol. The van der Waals surface area contributed by atoms with Crippen molar-refractivity contribution in [2.45, 2.75) is 26.7 Å². The summed E-state index contributed by atoms with van der Waals surface area (Å²) in [6.45, 7) is 3.15. The number of carbonyl (C=O) groups excluding carboxylic acids is 2. The molecule has 2 nitrogen and oxygen atoms in total. The highest BCUT2D eigenvalue weighted by atomic mass is 16.1. The number of rotatable bonds is 5. The molecule has 0 atom stereocenters. The van der Waals surface area contributed by atoms with E-state index in [2.05, 4.69) is 0 Å². The van der Waals surface area contributed by atoms with Gasteiger partial charge in [-0.3, -0.25) is 9.59 Å². The second-order valence-corrected chi connectivity index (χ2v) is 5.01. The highest BCUT2D eigenvalue weighted by Crippen LogP contribution is 2.11. The molecule has 0 fully saturated rings. The van der Waals surface area contributed by atoms with Crippen LogP contribution in [0.15, 0.2) is 48.5 Å². The third-order valence-electron chi connectivity index (χ3n) is 3.42. The normalized spacial score (nSPS) is 10.3. The van der Waals surface area contributed by atoms with Crippen molar-refractivity contribution in [1.82, 2.24) is 0 Å². The van der Waals surface area contributed by atoms with E-state index in [1.807, 2.05) is 48.5 Å². The van der Waals surface area contributed by atoms with Gasteiger partial charge in [-0.1, -0.05) is 48.5 Å². The molecule has 102 valence electrons. The minimum atomic E-state index is 0.0939. The Bertz CT molecular complexity index is 549. The lowest BCUT2D eigenvalue weighted by Crippen LogP contribution is -1.96. The summed E-state index contributed by atoms with van der Waals surface area (Å²) >= 11 is 0. The van der Waals surface area contributed by atoms with Gasteiger partial charge in [0.2, 0.25) is 0 Å². The molecule has 0 amide bonds. The van der Waals surface area contributed by atoms with Crippen LogP contribution in [-0.4, -0.2) is 11.6 Å². The first-order valence-corrected chi connectivity index (χ1v) is 6.76. The largest absolute Gasteiger partial charge is 0.295 e. The molecule has 0 aromatic heterocycles. The summed E-state index contributed by atoms with van der Waals surface area (Å²) in [5.74, 6) is 0.188. The van der Waals surface area contributed by atoms with E-state index in [0.29, 0.717) is 0 Å². The highest BCUT2D eigenvalue weighted by molar-refractivity contribution is 5.94. The Morgan fingerprint density at radius 1 is 0.650 bits per heavy atom. The fourth-order valence-electron chi connectivity index (χ4n) is 2.10. The van der Waals surface area contributed by atoms with E-state index in [1.54, 1.807) is 13.8 Å². The van der Waals surface area contributed by atoms with Gasteiger partial charge >= 0.3 is 0 Å². The van der Waals surface area contributed by atoms with Crippen molar-refractivity contribution >= 4 is 11.6 Å². The first kappa shape index (κ1) is 14.2. The van der Waals surface area contributed by atoms with Crippen LogP contribution < -0.4 is 0 Å². The molecule has 2 aromatic carbocycles. The van der Waals surface area contributed by atoms with Gasteiger partial charge in [-0.25, -0.2) is 0 Å². The lowest BCUT2D eigenvalue weighted by molar-refractivity contribution is 0.100. The van der Waals surface area contributed by atoms with Gasteiger partial charge in [0.25, 0.3) is 0 Å². The maximum Gasteiger partial charge on any atom is 0.159 e. The molecule has 0 radical (unpaired) electrons. The monoisotopic (exact) mass is 266 g/mol. The van der Waals surface area contributed by atoms with Gasteiger partial charge in [0.15, 0.2) is 11.6 Å². The van der Waals surface area contributed by atoms with Crippen molar-refractivity contribution in [2.75, 3.05) is 0 Å². The number of hydrogen-bond acceptors (Lipinski definition) is 2. The maximum absolute atomic E-state index is 11.2. The number of aryl methyl sites for hydroxylation is 2. The molecule has 0 bridgehead atoms. The zero-order valence-corrected chi connectivity index (χ0v) is 11.8. The smallest absolute Gasteiger partial charge is 0.159 e. The van der Waals surface area contributed by atoms with Crippen molar-refractivity contribution in [2.24, 2.45) is 0 Å². The van der Waals surface area contributed by atoms with E-state index in [1.165, 1.54) is 11.1 Å². The van der Waals surface area contributed by atoms with Crippen LogP contribution in [-0.2, 0) is 12.8 Å². The molecular formula is C18H18O2. The molecule has 0 aliphatic rings. The van der Waals surface area contributed by atoms with Crippen molar-refractivity contribution < 1.29 is 9.59 Å². The first-order valence-electron chi connectivity index (χ1n) is 6.76. The van der Waals surface area contributed by atoms with Crippen molar-refractivity contribution in [3.8, 4) is 0 Å². The summed E-state index contributed by atoms with van der Waals surface area (Å²) in [4.78, 5) is 22.4. The minimum absolute atomic E-state index is 0.0939. The Hall–Kier alpha value is -2.22. The number of carbonyl (C=O) groups is 2. The van der Waals surface area contributed by atoms with Crippen molar-refractivity contribution in [1.29, 1.82) is 0 Å². The summed E-state index contributed by atoms with van der Waals surface area (Å²) < 4.78 is 0. The summed E-state index contributed by atoms with van der Waals surface area (Å²) in [6, 6.07) is 15.5. The Labute approximate surface area is 119 Å². The topological polar surface area (TPSA) is 34.1 Å². The second-order valence-electron chi connectivity index (χ2n) is 5.01. The average Bonchev–Trinajstić information content (AvgIpc) is 2.46. The highest BCUT2D eigenvalue weighted by Gasteiger charge is 2.01. The zero-order valence-electron chi connectivity index (χ0n) is 11.8. The molecule has 0 spiro atoms. The van der Waals surface area contributed by atoms with E-state index in [-0.39, 0.29) is 11.6 Å². The number of benzene rings is 2. The first-order chi connectivity index (χ1) is 9.56. The molecular weight excluding hydrogens is 248 g/mol. The molecule has 2 aromatic rings.